The van der Waals surface area contributed by atoms with E-state index < -0.39 is 7.25 Å². The van der Waals surface area contributed by atoms with E-state index in [4.69, 9.17) is 0 Å². The molecule has 1 aliphatic heterocycles. The zero-order valence-electron chi connectivity index (χ0n) is 11.9. The minimum absolute atomic E-state index is 0.116. The first-order valence-electron chi connectivity index (χ1n) is 6.46. The van der Waals surface area contributed by atoms with Crippen molar-refractivity contribution in [1.29, 1.82) is 0 Å². The summed E-state index contributed by atoms with van der Waals surface area (Å²) in [6.45, 7) is 1.91. The summed E-state index contributed by atoms with van der Waals surface area (Å²) in [7, 11) is -2.04. The molecule has 0 unspecified atom stereocenters. The van der Waals surface area contributed by atoms with Crippen molar-refractivity contribution < 1.29 is 26.6 Å². The van der Waals surface area contributed by atoms with Gasteiger partial charge >= 0.3 is 13.1 Å². The lowest BCUT2D eigenvalue weighted by atomic mass is 10.1. The summed E-state index contributed by atoms with van der Waals surface area (Å²) in [5.74, 6) is 0.919. The Hall–Kier alpha value is -1.86. The van der Waals surface area contributed by atoms with Crippen LogP contribution in [0, 0.1) is 0 Å². The molecule has 1 aromatic carbocycles. The van der Waals surface area contributed by atoms with Gasteiger partial charge in [-0.25, -0.2) is 0 Å². The van der Waals surface area contributed by atoms with Crippen LogP contribution in [0.5, 0.6) is 0 Å². The summed E-state index contributed by atoms with van der Waals surface area (Å²) in [5.41, 5.74) is 0.762. The van der Waals surface area contributed by atoms with Gasteiger partial charge < -0.3 is 17.3 Å². The van der Waals surface area contributed by atoms with Gasteiger partial charge in [-0.3, -0.25) is 14.3 Å². The van der Waals surface area contributed by atoms with Gasteiger partial charge in [0.2, 0.25) is 0 Å². The lowest BCUT2D eigenvalue weighted by molar-refractivity contribution is -0.506. The quantitative estimate of drug-likeness (QED) is 0.363. The number of nitrogens with zero attached hydrogens (tertiary/aromatic N) is 2. The summed E-state index contributed by atoms with van der Waals surface area (Å²) in [5, 5.41) is 0. The van der Waals surface area contributed by atoms with Gasteiger partial charge in [0, 0.05) is 12.0 Å². The van der Waals surface area contributed by atoms with Crippen molar-refractivity contribution in [2.24, 2.45) is 0 Å². The van der Waals surface area contributed by atoms with E-state index in [0.29, 0.717) is 0 Å². The smallest absolute Gasteiger partial charge is 0.418 e. The lowest BCUT2D eigenvalue weighted by Crippen LogP contribution is -2.45. The maximum absolute atomic E-state index is 12.3. The zero-order chi connectivity index (χ0) is 16.0. The summed E-state index contributed by atoms with van der Waals surface area (Å²) in [6.07, 6.45) is 1.11. The van der Waals surface area contributed by atoms with E-state index in [9.17, 15) is 22.1 Å². The predicted molar refractivity (Wildman–Crippen MR) is 74.3 cm³/mol. The fourth-order valence-corrected chi connectivity index (χ4v) is 2.11. The second-order valence-electron chi connectivity index (χ2n) is 4.71. The molecule has 1 heterocycles. The van der Waals surface area contributed by atoms with Crippen LogP contribution >= 0.6 is 0 Å². The number of likely N-dealkylation sites (N-methyl/N-ethyl adjacent to an activating group) is 1. The van der Waals surface area contributed by atoms with Crippen molar-refractivity contribution in [2.75, 3.05) is 27.2 Å². The van der Waals surface area contributed by atoms with Gasteiger partial charge in [-0.15, -0.1) is 0 Å². The van der Waals surface area contributed by atoms with Crippen LogP contribution in [0.3, 0.4) is 0 Å². The molecular formula is C13H17BF4N2O. The summed E-state index contributed by atoms with van der Waals surface area (Å²) < 4.78 is 41.0. The normalized spacial score (nSPS) is 15.4. The minimum atomic E-state index is -6.00. The van der Waals surface area contributed by atoms with Crippen molar-refractivity contribution in [3.63, 3.8) is 0 Å². The SMILES string of the molecule is CN1CCC[N+](C)=C1C(=O)c1ccccc1.F[B-](F)(F)F. The number of ketones is 1. The predicted octanol–water partition coefficient (Wildman–Crippen LogP) is 2.55. The maximum Gasteiger partial charge on any atom is 0.673 e. The monoisotopic (exact) mass is 304 g/mol. The Labute approximate surface area is 121 Å². The van der Waals surface area contributed by atoms with Crippen LogP contribution in [0.2, 0.25) is 0 Å². The van der Waals surface area contributed by atoms with Gasteiger partial charge in [0.05, 0.1) is 27.2 Å². The molecule has 116 valence electrons. The number of benzene rings is 1. The first-order valence-corrected chi connectivity index (χ1v) is 6.46. The van der Waals surface area contributed by atoms with E-state index in [1.807, 2.05) is 53.9 Å². The zero-order valence-corrected chi connectivity index (χ0v) is 11.9. The number of rotatable bonds is 2. The fourth-order valence-electron chi connectivity index (χ4n) is 2.11. The van der Waals surface area contributed by atoms with E-state index >= 15 is 0 Å². The Morgan fingerprint density at radius 3 is 2.19 bits per heavy atom. The highest BCUT2D eigenvalue weighted by atomic mass is 19.5. The Balaban J connectivity index is 0.000000383. The summed E-state index contributed by atoms with van der Waals surface area (Å²) in [4.78, 5) is 14.3. The molecule has 3 nitrogen and oxygen atoms in total. The van der Waals surface area contributed by atoms with Crippen LogP contribution in [-0.2, 0) is 0 Å². The molecule has 8 heteroatoms. The molecule has 21 heavy (non-hydrogen) atoms. The molecule has 1 aromatic rings. The number of hydrogen-bond acceptors (Lipinski definition) is 2. The van der Waals surface area contributed by atoms with Crippen molar-refractivity contribution in [3.8, 4) is 0 Å². The van der Waals surface area contributed by atoms with Gasteiger partial charge in [-0.1, -0.05) is 30.3 Å². The number of carbonyl (C=O) groups is 1. The molecule has 0 saturated heterocycles. The number of carbonyl (C=O) groups excluding carboxylic acids is 1. The van der Waals surface area contributed by atoms with E-state index in [1.54, 1.807) is 0 Å². The molecule has 0 aromatic heterocycles. The van der Waals surface area contributed by atoms with Gasteiger partial charge in [0.1, 0.15) is 0 Å². The summed E-state index contributed by atoms with van der Waals surface area (Å²) in [6, 6.07) is 9.46. The molecule has 2 rings (SSSR count). The van der Waals surface area contributed by atoms with Crippen molar-refractivity contribution in [3.05, 3.63) is 35.9 Å². The maximum atomic E-state index is 12.3. The molecule has 0 aliphatic carbocycles. The second kappa shape index (κ2) is 7.24. The van der Waals surface area contributed by atoms with Crippen molar-refractivity contribution in [1.82, 2.24) is 4.90 Å². The Bertz CT molecular complexity index is 511. The number of amidine groups is 1. The third-order valence-corrected chi connectivity index (χ3v) is 2.95. The van der Waals surface area contributed by atoms with Gasteiger partial charge in [-0.05, 0) is 0 Å². The molecule has 0 amide bonds. The van der Waals surface area contributed by atoms with Crippen LogP contribution in [0.25, 0.3) is 0 Å². The van der Waals surface area contributed by atoms with Crippen LogP contribution in [0.4, 0.5) is 17.3 Å². The molecule has 0 saturated carbocycles. The minimum Gasteiger partial charge on any atom is -0.418 e. The average Bonchev–Trinajstić information content (AvgIpc) is 2.37. The van der Waals surface area contributed by atoms with Crippen LogP contribution in [0.1, 0.15) is 16.8 Å². The molecule has 0 radical (unpaired) electrons. The van der Waals surface area contributed by atoms with E-state index in [2.05, 4.69) is 0 Å². The molecule has 0 fully saturated rings. The van der Waals surface area contributed by atoms with Crippen LogP contribution in [-0.4, -0.2) is 55.5 Å². The molecule has 0 atom stereocenters. The molecule has 0 bridgehead atoms. The van der Waals surface area contributed by atoms with Crippen molar-refractivity contribution >= 4 is 18.9 Å². The van der Waals surface area contributed by atoms with E-state index in [-0.39, 0.29) is 5.78 Å². The fraction of sp³-hybridized carbons (Fsp3) is 0.385. The first kappa shape index (κ1) is 17.2. The largest absolute Gasteiger partial charge is 0.673 e. The van der Waals surface area contributed by atoms with E-state index in [1.165, 1.54) is 0 Å². The summed E-state index contributed by atoms with van der Waals surface area (Å²) >= 11 is 0. The number of hydrogen-bond donors (Lipinski definition) is 0. The highest BCUT2D eigenvalue weighted by molar-refractivity contribution is 6.50. The molecule has 1 aliphatic rings. The van der Waals surface area contributed by atoms with Gasteiger partial charge in [0.25, 0.3) is 5.78 Å². The van der Waals surface area contributed by atoms with Gasteiger partial charge in [0.15, 0.2) is 0 Å². The molecule has 0 N–H and O–H groups in total. The second-order valence-corrected chi connectivity index (χ2v) is 4.71. The third-order valence-electron chi connectivity index (χ3n) is 2.95. The number of Topliss-reactive ketones (excluding diaryl/α,β-unsaturated/α-hetero) is 1. The highest BCUT2D eigenvalue weighted by Crippen LogP contribution is 2.07. The Morgan fingerprint density at radius 2 is 1.71 bits per heavy atom. The topological polar surface area (TPSA) is 23.3 Å². The van der Waals surface area contributed by atoms with Crippen LogP contribution < -0.4 is 0 Å². The molecule has 0 spiro atoms. The number of halogens is 4. The van der Waals surface area contributed by atoms with Gasteiger partial charge in [-0.2, -0.15) is 0 Å². The highest BCUT2D eigenvalue weighted by Gasteiger charge is 2.29. The van der Waals surface area contributed by atoms with Crippen molar-refractivity contribution in [2.45, 2.75) is 6.42 Å². The Morgan fingerprint density at radius 1 is 1.19 bits per heavy atom. The average molecular weight is 304 g/mol. The third kappa shape index (κ3) is 5.97. The standard InChI is InChI=1S/C13H17N2O.BF4/c1-14-9-6-10-15(2)13(14)12(16)11-7-4-3-5-8-11;2-1(3,4)5/h3-5,7-8H,6,9-10H2,1-2H3;/q+1;-1. The Kier molecular flexibility index (Phi) is 5.93. The first-order chi connectivity index (χ1) is 9.70. The van der Waals surface area contributed by atoms with Crippen LogP contribution in [0.15, 0.2) is 30.3 Å². The van der Waals surface area contributed by atoms with E-state index in [0.717, 1.165) is 30.9 Å². The lowest BCUT2D eigenvalue weighted by Gasteiger charge is -2.21. The molecular weight excluding hydrogens is 287 g/mol.